The van der Waals surface area contributed by atoms with Crippen LogP contribution in [0, 0.1) is 0 Å². The van der Waals surface area contributed by atoms with Crippen LogP contribution in [-0.2, 0) is 9.53 Å². The number of carbonyl (C=O) groups is 2. The van der Waals surface area contributed by atoms with Crippen LogP contribution >= 0.6 is 25.0 Å². The molecule has 122 valence electrons. The van der Waals surface area contributed by atoms with Gasteiger partial charge in [0.25, 0.3) is 0 Å². The lowest BCUT2D eigenvalue weighted by atomic mass is 10.1. The molecule has 2 atom stereocenters. The Balaban J connectivity index is 0.00000242. The molecule has 22 heavy (non-hydrogen) atoms. The number of anilines is 1. The maximum atomic E-state index is 12.1. The third kappa shape index (κ3) is 5.19. The van der Waals surface area contributed by atoms with Crippen LogP contribution in [0.25, 0.3) is 0 Å². The molecular formula is C15H21ClN2O3S. The second kappa shape index (κ2) is 8.41. The van der Waals surface area contributed by atoms with E-state index in [1.54, 1.807) is 38.1 Å². The SMILES string of the molecule is CC(C)OC(=O)c1cccc(NC(=O)[C@@H]2C[C@H](S)CN2)c1.Cl. The lowest BCUT2D eigenvalue weighted by molar-refractivity contribution is -0.117. The van der Waals surface area contributed by atoms with E-state index in [4.69, 9.17) is 4.74 Å². The summed E-state index contributed by atoms with van der Waals surface area (Å²) < 4.78 is 5.14. The molecule has 0 spiro atoms. The van der Waals surface area contributed by atoms with E-state index in [1.807, 2.05) is 0 Å². The predicted molar refractivity (Wildman–Crippen MR) is 92.1 cm³/mol. The third-order valence-electron chi connectivity index (χ3n) is 3.13. The highest BCUT2D eigenvalue weighted by atomic mass is 35.5. The first-order valence-corrected chi connectivity index (χ1v) is 7.50. The van der Waals surface area contributed by atoms with Crippen molar-refractivity contribution in [3.63, 3.8) is 0 Å². The summed E-state index contributed by atoms with van der Waals surface area (Å²) in [5.74, 6) is -0.503. The molecule has 0 saturated carbocycles. The summed E-state index contributed by atoms with van der Waals surface area (Å²) in [6.07, 6.45) is 0.523. The van der Waals surface area contributed by atoms with E-state index in [2.05, 4.69) is 23.3 Å². The molecule has 7 heteroatoms. The van der Waals surface area contributed by atoms with Crippen molar-refractivity contribution in [2.75, 3.05) is 11.9 Å². The first kappa shape index (κ1) is 18.8. The van der Waals surface area contributed by atoms with Crippen LogP contribution < -0.4 is 10.6 Å². The molecule has 0 aromatic heterocycles. The zero-order chi connectivity index (χ0) is 15.4. The van der Waals surface area contributed by atoms with Crippen molar-refractivity contribution >= 4 is 42.6 Å². The largest absolute Gasteiger partial charge is 0.459 e. The second-order valence-corrected chi connectivity index (χ2v) is 6.10. The molecule has 1 aromatic rings. The minimum absolute atomic E-state index is 0. The highest BCUT2D eigenvalue weighted by Crippen LogP contribution is 2.16. The van der Waals surface area contributed by atoms with Gasteiger partial charge in [0.2, 0.25) is 5.91 Å². The number of esters is 1. The summed E-state index contributed by atoms with van der Waals surface area (Å²) in [7, 11) is 0. The molecule has 1 heterocycles. The van der Waals surface area contributed by atoms with E-state index in [0.717, 1.165) is 6.54 Å². The lowest BCUT2D eigenvalue weighted by Gasteiger charge is -2.12. The Bertz CT molecular complexity index is 539. The van der Waals surface area contributed by atoms with E-state index in [-0.39, 0.29) is 35.7 Å². The number of amides is 1. The second-order valence-electron chi connectivity index (χ2n) is 5.37. The van der Waals surface area contributed by atoms with Crippen molar-refractivity contribution < 1.29 is 14.3 Å². The topological polar surface area (TPSA) is 67.4 Å². The zero-order valence-electron chi connectivity index (χ0n) is 12.5. The summed E-state index contributed by atoms with van der Waals surface area (Å²) in [5, 5.41) is 6.12. The third-order valence-corrected chi connectivity index (χ3v) is 3.53. The summed E-state index contributed by atoms with van der Waals surface area (Å²) in [4.78, 5) is 23.9. The Morgan fingerprint density at radius 1 is 1.41 bits per heavy atom. The highest BCUT2D eigenvalue weighted by Gasteiger charge is 2.27. The number of nitrogens with one attached hydrogen (secondary N) is 2. The van der Waals surface area contributed by atoms with Crippen molar-refractivity contribution in [3.8, 4) is 0 Å². The van der Waals surface area contributed by atoms with Crippen molar-refractivity contribution in [1.29, 1.82) is 0 Å². The number of rotatable bonds is 4. The highest BCUT2D eigenvalue weighted by molar-refractivity contribution is 7.81. The first-order chi connectivity index (χ1) is 9.95. The Kier molecular flexibility index (Phi) is 7.19. The van der Waals surface area contributed by atoms with Crippen molar-refractivity contribution in [2.45, 2.75) is 37.7 Å². The van der Waals surface area contributed by atoms with Gasteiger partial charge in [0.05, 0.1) is 17.7 Å². The normalized spacial score (nSPS) is 20.4. The molecule has 1 saturated heterocycles. The van der Waals surface area contributed by atoms with Crippen molar-refractivity contribution in [3.05, 3.63) is 29.8 Å². The van der Waals surface area contributed by atoms with Crippen LogP contribution in [-0.4, -0.2) is 35.8 Å². The average molecular weight is 345 g/mol. The molecule has 0 unspecified atom stereocenters. The molecular weight excluding hydrogens is 324 g/mol. The zero-order valence-corrected chi connectivity index (χ0v) is 14.2. The molecule has 1 fully saturated rings. The first-order valence-electron chi connectivity index (χ1n) is 6.99. The van der Waals surface area contributed by atoms with Gasteiger partial charge >= 0.3 is 5.97 Å². The van der Waals surface area contributed by atoms with Crippen LogP contribution in [0.5, 0.6) is 0 Å². The van der Waals surface area contributed by atoms with E-state index in [0.29, 0.717) is 17.7 Å². The maximum absolute atomic E-state index is 12.1. The van der Waals surface area contributed by atoms with Gasteiger partial charge in [0.15, 0.2) is 0 Å². The predicted octanol–water partition coefficient (Wildman–Crippen LogP) is 2.27. The van der Waals surface area contributed by atoms with Crippen molar-refractivity contribution in [1.82, 2.24) is 5.32 Å². The molecule has 1 aliphatic heterocycles. The Labute approximate surface area is 142 Å². The van der Waals surface area contributed by atoms with E-state index < -0.39 is 5.97 Å². The molecule has 1 aliphatic rings. The molecule has 2 rings (SSSR count). The lowest BCUT2D eigenvalue weighted by Crippen LogP contribution is -2.35. The maximum Gasteiger partial charge on any atom is 0.338 e. The Morgan fingerprint density at radius 2 is 2.14 bits per heavy atom. The van der Waals surface area contributed by atoms with Crippen molar-refractivity contribution in [2.24, 2.45) is 0 Å². The van der Waals surface area contributed by atoms with Crippen LogP contribution in [0.15, 0.2) is 24.3 Å². The number of benzene rings is 1. The number of thiol groups is 1. The number of halogens is 1. The Hall–Kier alpha value is -1.24. The average Bonchev–Trinajstić information content (AvgIpc) is 2.85. The van der Waals surface area contributed by atoms with Gasteiger partial charge in [-0.2, -0.15) is 12.6 Å². The fraction of sp³-hybridized carbons (Fsp3) is 0.467. The molecule has 0 bridgehead atoms. The summed E-state index contributed by atoms with van der Waals surface area (Å²) in [6.45, 7) is 4.31. The van der Waals surface area contributed by atoms with Crippen LogP contribution in [0.1, 0.15) is 30.6 Å². The molecule has 5 nitrogen and oxygen atoms in total. The Morgan fingerprint density at radius 3 is 2.73 bits per heavy atom. The molecule has 0 radical (unpaired) electrons. The number of carbonyl (C=O) groups excluding carboxylic acids is 2. The standard InChI is InChI=1S/C15H20N2O3S.ClH/c1-9(2)20-15(19)10-4-3-5-11(6-10)17-14(18)13-7-12(21)8-16-13;/h3-6,9,12-13,16,21H,7-8H2,1-2H3,(H,17,18);1H/t12-,13-;/m0./s1. The van der Waals surface area contributed by atoms with Gasteiger partial charge in [-0.25, -0.2) is 4.79 Å². The van der Waals surface area contributed by atoms with Gasteiger partial charge in [0, 0.05) is 17.5 Å². The van der Waals surface area contributed by atoms with E-state index in [9.17, 15) is 9.59 Å². The van der Waals surface area contributed by atoms with Gasteiger partial charge in [-0.15, -0.1) is 12.4 Å². The number of hydrogen-bond acceptors (Lipinski definition) is 5. The minimum Gasteiger partial charge on any atom is -0.459 e. The smallest absolute Gasteiger partial charge is 0.338 e. The quantitative estimate of drug-likeness (QED) is 0.579. The molecule has 2 N–H and O–H groups in total. The number of ether oxygens (including phenoxy) is 1. The van der Waals surface area contributed by atoms with Crippen LogP contribution in [0.4, 0.5) is 5.69 Å². The van der Waals surface area contributed by atoms with Gasteiger partial charge in [-0.05, 0) is 38.5 Å². The molecule has 1 aromatic carbocycles. The molecule has 0 aliphatic carbocycles. The monoisotopic (exact) mass is 344 g/mol. The van der Waals surface area contributed by atoms with Crippen LogP contribution in [0.3, 0.4) is 0 Å². The molecule has 1 amide bonds. The summed E-state index contributed by atoms with van der Waals surface area (Å²) >= 11 is 4.34. The van der Waals surface area contributed by atoms with Gasteiger partial charge in [0.1, 0.15) is 0 Å². The fourth-order valence-electron chi connectivity index (χ4n) is 2.15. The van der Waals surface area contributed by atoms with Gasteiger partial charge in [-0.3, -0.25) is 4.79 Å². The summed E-state index contributed by atoms with van der Waals surface area (Å²) in [6, 6.07) is 6.51. The fourth-order valence-corrected chi connectivity index (χ4v) is 2.47. The van der Waals surface area contributed by atoms with Gasteiger partial charge < -0.3 is 15.4 Å². The van der Waals surface area contributed by atoms with E-state index >= 15 is 0 Å². The van der Waals surface area contributed by atoms with Gasteiger partial charge in [-0.1, -0.05) is 6.07 Å². The van der Waals surface area contributed by atoms with Crippen LogP contribution in [0.2, 0.25) is 0 Å². The summed E-state index contributed by atoms with van der Waals surface area (Å²) in [5.41, 5.74) is 1.01. The number of hydrogen-bond donors (Lipinski definition) is 3. The minimum atomic E-state index is -0.393. The van der Waals surface area contributed by atoms with E-state index in [1.165, 1.54) is 0 Å².